The minimum absolute atomic E-state index is 0.322. The van der Waals surface area contributed by atoms with Gasteiger partial charge >= 0.3 is 0 Å². The highest BCUT2D eigenvalue weighted by Gasteiger charge is 2.05. The van der Waals surface area contributed by atoms with Crippen LogP contribution in [0, 0.1) is 18.7 Å². The Hall–Kier alpha value is 0. The Balaban J connectivity index is 3.63. The molecule has 0 heteroatoms. The first kappa shape index (κ1) is 7.11. The Morgan fingerprint density at radius 2 is 2.22 bits per heavy atom. The molecule has 9 heavy (non-hydrogen) atoms. The van der Waals surface area contributed by atoms with E-state index in [0.29, 0.717) is 0 Å². The third-order valence-electron chi connectivity index (χ3n) is 1.66. The number of hydrogen-bond acceptors (Lipinski definition) is 0. The molecule has 0 aliphatic carbocycles. The summed E-state index contributed by atoms with van der Waals surface area (Å²) in [6.07, 6.45) is 2.95. The molecule has 0 nitrogen and oxygen atoms in total. The fourth-order valence-electron chi connectivity index (χ4n) is 0.640. The molecule has 0 spiro atoms. The lowest BCUT2D eigenvalue weighted by Gasteiger charge is -2.13. The van der Waals surface area contributed by atoms with Gasteiger partial charge in [-0.15, -0.1) is 0 Å². The molecule has 0 aliphatic rings. The van der Waals surface area contributed by atoms with Crippen LogP contribution in [-0.4, -0.2) is 0 Å². The first-order valence-corrected chi connectivity index (χ1v) is 3.60. The zero-order chi connectivity index (χ0) is 8.20. The number of rotatable bonds is 4. The summed E-state index contributed by atoms with van der Waals surface area (Å²) in [6.45, 7) is 9.77. The fourth-order valence-corrected chi connectivity index (χ4v) is 0.640. The largest absolute Gasteiger partial charge is 0.0620 e. The SMILES string of the molecule is [2H]C(C)(CCC[CH2])[C](C)C. The van der Waals surface area contributed by atoms with Crippen molar-refractivity contribution in [1.29, 1.82) is 0 Å². The molecule has 0 fully saturated rings. The lowest BCUT2D eigenvalue weighted by atomic mass is 9.93. The van der Waals surface area contributed by atoms with E-state index in [2.05, 4.69) is 6.92 Å². The predicted octanol–water partition coefficient (Wildman–Crippen LogP) is 3.24. The van der Waals surface area contributed by atoms with Crippen molar-refractivity contribution < 1.29 is 1.37 Å². The second-order valence-corrected chi connectivity index (χ2v) is 2.74. The van der Waals surface area contributed by atoms with Crippen LogP contribution in [0.15, 0.2) is 0 Å². The summed E-state index contributed by atoms with van der Waals surface area (Å²) in [7, 11) is 0. The van der Waals surface area contributed by atoms with Crippen LogP contribution in [0.2, 0.25) is 0 Å². The van der Waals surface area contributed by atoms with Crippen LogP contribution in [0.3, 0.4) is 0 Å². The zero-order valence-corrected chi connectivity index (χ0v) is 6.83. The van der Waals surface area contributed by atoms with Gasteiger partial charge in [0.1, 0.15) is 0 Å². The molecule has 0 heterocycles. The van der Waals surface area contributed by atoms with Gasteiger partial charge in [-0.25, -0.2) is 0 Å². The van der Waals surface area contributed by atoms with Gasteiger partial charge in [-0.1, -0.05) is 47.0 Å². The van der Waals surface area contributed by atoms with Crippen molar-refractivity contribution in [2.75, 3.05) is 0 Å². The van der Waals surface area contributed by atoms with Gasteiger partial charge in [-0.2, -0.15) is 0 Å². The van der Waals surface area contributed by atoms with Gasteiger partial charge in [0.25, 0.3) is 0 Å². The van der Waals surface area contributed by atoms with Crippen LogP contribution in [0.25, 0.3) is 0 Å². The van der Waals surface area contributed by atoms with E-state index in [1.165, 1.54) is 5.92 Å². The maximum atomic E-state index is 7.82. The Labute approximate surface area is 61.1 Å². The highest BCUT2D eigenvalue weighted by molar-refractivity contribution is 4.83. The van der Waals surface area contributed by atoms with E-state index in [9.17, 15) is 0 Å². The van der Waals surface area contributed by atoms with Crippen molar-refractivity contribution in [2.45, 2.75) is 40.0 Å². The molecule has 0 aromatic rings. The second-order valence-electron chi connectivity index (χ2n) is 2.74. The van der Waals surface area contributed by atoms with Crippen molar-refractivity contribution in [3.05, 3.63) is 12.8 Å². The van der Waals surface area contributed by atoms with E-state index in [0.717, 1.165) is 19.3 Å². The molecule has 0 aliphatic heterocycles. The summed E-state index contributed by atoms with van der Waals surface area (Å²) in [5.74, 6) is 0.874. The highest BCUT2D eigenvalue weighted by atomic mass is 14.1. The van der Waals surface area contributed by atoms with Crippen molar-refractivity contribution in [3.63, 3.8) is 0 Å². The van der Waals surface area contributed by atoms with E-state index in [4.69, 9.17) is 1.37 Å². The molecule has 0 aromatic heterocycles. The highest BCUT2D eigenvalue weighted by Crippen LogP contribution is 2.17. The van der Waals surface area contributed by atoms with Crippen molar-refractivity contribution in [1.82, 2.24) is 0 Å². The third kappa shape index (κ3) is 4.50. The molecule has 0 amide bonds. The lowest BCUT2D eigenvalue weighted by Crippen LogP contribution is -2.00. The van der Waals surface area contributed by atoms with Crippen LogP contribution in [0.1, 0.15) is 41.4 Å². The predicted molar refractivity (Wildman–Crippen MR) is 43.0 cm³/mol. The van der Waals surface area contributed by atoms with Gasteiger partial charge in [0, 0.05) is 1.37 Å². The lowest BCUT2D eigenvalue weighted by molar-refractivity contribution is 0.530. The van der Waals surface area contributed by atoms with Gasteiger partial charge in [0.15, 0.2) is 0 Å². The minimum atomic E-state index is -0.322. The molecular formula is C9H18. The summed E-state index contributed by atoms with van der Waals surface area (Å²) >= 11 is 0. The standard InChI is InChI=1S/C9H18/c1-5-6-7-9(4)8(2)3/h9H,1,5-7H2,2-4H3/i9D. The second kappa shape index (κ2) is 4.84. The zero-order valence-electron chi connectivity index (χ0n) is 7.83. The molecule has 0 saturated heterocycles. The maximum absolute atomic E-state index is 7.82. The van der Waals surface area contributed by atoms with Gasteiger partial charge in [0.2, 0.25) is 0 Å². The fraction of sp³-hybridized carbons (Fsp3) is 0.778. The average Bonchev–Trinajstić information content (AvgIpc) is 1.84. The Bertz CT molecular complexity index is 84.7. The molecule has 0 bridgehead atoms. The monoisotopic (exact) mass is 127 g/mol. The van der Waals surface area contributed by atoms with Gasteiger partial charge in [-0.3, -0.25) is 0 Å². The Morgan fingerprint density at radius 1 is 1.67 bits per heavy atom. The van der Waals surface area contributed by atoms with Crippen LogP contribution < -0.4 is 0 Å². The molecule has 1 atom stereocenters. The first-order chi connectivity index (χ1) is 4.50. The van der Waals surface area contributed by atoms with Crippen LogP contribution in [-0.2, 0) is 0 Å². The smallest absolute Gasteiger partial charge is 0.0306 e. The summed E-state index contributed by atoms with van der Waals surface area (Å²) in [5, 5.41) is 0. The summed E-state index contributed by atoms with van der Waals surface area (Å²) in [5.41, 5.74) is 0. The average molecular weight is 127 g/mol. The van der Waals surface area contributed by atoms with Crippen LogP contribution >= 0.6 is 0 Å². The number of hydrogen-bond donors (Lipinski definition) is 0. The molecule has 0 saturated carbocycles. The topological polar surface area (TPSA) is 0 Å². The van der Waals surface area contributed by atoms with Crippen LogP contribution in [0.4, 0.5) is 0 Å². The van der Waals surface area contributed by atoms with Crippen LogP contribution in [0.5, 0.6) is 0 Å². The normalized spacial score (nSPS) is 19.4. The maximum Gasteiger partial charge on any atom is 0.0306 e. The first-order valence-electron chi connectivity index (χ1n) is 4.10. The van der Waals surface area contributed by atoms with Gasteiger partial charge < -0.3 is 0 Å². The molecule has 2 radical (unpaired) electrons. The van der Waals surface area contributed by atoms with E-state index in [1.54, 1.807) is 0 Å². The summed E-state index contributed by atoms with van der Waals surface area (Å²) < 4.78 is 7.82. The van der Waals surface area contributed by atoms with Crippen molar-refractivity contribution >= 4 is 0 Å². The van der Waals surface area contributed by atoms with Crippen molar-refractivity contribution in [3.8, 4) is 0 Å². The van der Waals surface area contributed by atoms with E-state index >= 15 is 0 Å². The Morgan fingerprint density at radius 3 is 2.56 bits per heavy atom. The minimum Gasteiger partial charge on any atom is -0.0620 e. The number of unbranched alkanes of at least 4 members (excludes halogenated alkanes) is 1. The third-order valence-corrected chi connectivity index (χ3v) is 1.66. The van der Waals surface area contributed by atoms with Crippen molar-refractivity contribution in [2.24, 2.45) is 5.89 Å². The van der Waals surface area contributed by atoms with E-state index < -0.39 is 0 Å². The Kier molecular flexibility index (Phi) is 3.82. The molecule has 54 valence electrons. The quantitative estimate of drug-likeness (QED) is 0.544. The molecule has 1 unspecified atom stereocenters. The molecule has 0 aromatic carbocycles. The van der Waals surface area contributed by atoms with Gasteiger partial charge in [0.05, 0.1) is 0 Å². The van der Waals surface area contributed by atoms with E-state index in [-0.39, 0.29) is 5.89 Å². The summed E-state index contributed by atoms with van der Waals surface area (Å²) in [4.78, 5) is 0. The van der Waals surface area contributed by atoms with E-state index in [1.807, 2.05) is 20.8 Å². The molecular weight excluding hydrogens is 108 g/mol. The summed E-state index contributed by atoms with van der Waals surface area (Å²) in [6, 6.07) is 0. The molecule has 0 rings (SSSR count). The van der Waals surface area contributed by atoms with Gasteiger partial charge in [-0.05, 0) is 11.8 Å². The molecule has 0 N–H and O–H groups in total.